The Kier molecular flexibility index (Phi) is 9.02. The molecule has 1 nitrogen and oxygen atoms in total. The van der Waals surface area contributed by atoms with E-state index in [1.165, 1.54) is 116 Å². The standard InChI is InChI=1S/C34H56OS/c1-4-5-6-7-8-12-15-26-17-19-30-29-18-16-27-24-28(36-32(35)25-13-10-9-11-14-25)20-22-34(27,3)31(29)21-23-33(26,30)2/h16,25-26,28-31H,4-15,17-24H2,1-3H3/t26-,28-,29+,30-,31+,33+,34-/m0/s1. The van der Waals surface area contributed by atoms with Crippen LogP contribution in [0.5, 0.6) is 0 Å². The summed E-state index contributed by atoms with van der Waals surface area (Å²) in [4.78, 5) is 13.0. The Morgan fingerprint density at radius 1 is 0.889 bits per heavy atom. The van der Waals surface area contributed by atoms with Gasteiger partial charge in [0.2, 0.25) is 0 Å². The molecule has 0 bridgehead atoms. The van der Waals surface area contributed by atoms with Crippen molar-refractivity contribution >= 4 is 16.9 Å². The lowest BCUT2D eigenvalue weighted by atomic mass is 9.47. The number of carbonyl (C=O) groups is 1. The fourth-order valence-electron chi connectivity index (χ4n) is 10.1. The van der Waals surface area contributed by atoms with Gasteiger partial charge in [0.25, 0.3) is 0 Å². The van der Waals surface area contributed by atoms with Gasteiger partial charge in [-0.1, -0.05) is 102 Å². The van der Waals surface area contributed by atoms with E-state index in [4.69, 9.17) is 0 Å². The molecule has 0 spiro atoms. The van der Waals surface area contributed by atoms with E-state index in [1.807, 2.05) is 0 Å². The zero-order valence-electron chi connectivity index (χ0n) is 24.0. The van der Waals surface area contributed by atoms with Crippen molar-refractivity contribution in [3.05, 3.63) is 11.6 Å². The summed E-state index contributed by atoms with van der Waals surface area (Å²) in [6.45, 7) is 7.68. The smallest absolute Gasteiger partial charge is 0.192 e. The largest absolute Gasteiger partial charge is 0.287 e. The molecule has 0 unspecified atom stereocenters. The van der Waals surface area contributed by atoms with Crippen LogP contribution in [0.3, 0.4) is 0 Å². The predicted molar refractivity (Wildman–Crippen MR) is 156 cm³/mol. The molecule has 2 heteroatoms. The molecule has 0 aliphatic heterocycles. The lowest BCUT2D eigenvalue weighted by molar-refractivity contribution is -0.115. The van der Waals surface area contributed by atoms with Crippen LogP contribution in [0.25, 0.3) is 0 Å². The zero-order valence-corrected chi connectivity index (χ0v) is 24.8. The van der Waals surface area contributed by atoms with Crippen molar-refractivity contribution < 1.29 is 4.79 Å². The van der Waals surface area contributed by atoms with Gasteiger partial charge < -0.3 is 0 Å². The average Bonchev–Trinajstić information content (AvgIpc) is 3.23. The fraction of sp³-hybridized carbons (Fsp3) is 0.912. The molecule has 7 atom stereocenters. The Morgan fingerprint density at radius 3 is 2.47 bits per heavy atom. The highest BCUT2D eigenvalue weighted by Crippen LogP contribution is 2.67. The monoisotopic (exact) mass is 512 g/mol. The van der Waals surface area contributed by atoms with Crippen LogP contribution in [-0.4, -0.2) is 10.4 Å². The van der Waals surface area contributed by atoms with E-state index in [-0.39, 0.29) is 0 Å². The van der Waals surface area contributed by atoms with E-state index in [9.17, 15) is 4.79 Å². The molecule has 204 valence electrons. The van der Waals surface area contributed by atoms with Gasteiger partial charge in [-0.25, -0.2) is 0 Å². The maximum atomic E-state index is 13.0. The van der Waals surface area contributed by atoms with Crippen LogP contribution in [0, 0.1) is 40.4 Å². The van der Waals surface area contributed by atoms with Crippen LogP contribution in [0.4, 0.5) is 0 Å². The second kappa shape index (κ2) is 11.9. The molecule has 0 aromatic carbocycles. The number of allylic oxidation sites excluding steroid dienone is 2. The first-order valence-electron chi connectivity index (χ1n) is 16.4. The maximum Gasteiger partial charge on any atom is 0.192 e. The van der Waals surface area contributed by atoms with Crippen molar-refractivity contribution in [2.24, 2.45) is 40.4 Å². The molecule has 0 N–H and O–H groups in total. The second-order valence-electron chi connectivity index (χ2n) is 14.3. The maximum absolute atomic E-state index is 13.0. The number of rotatable bonds is 9. The van der Waals surface area contributed by atoms with E-state index in [0.29, 0.717) is 27.1 Å². The number of thioether (sulfide) groups is 1. The molecule has 0 amide bonds. The van der Waals surface area contributed by atoms with Gasteiger partial charge in [0.1, 0.15) is 0 Å². The quantitative estimate of drug-likeness (QED) is 0.226. The number of fused-ring (bicyclic) bond motifs is 5. The van der Waals surface area contributed by atoms with Gasteiger partial charge in [-0.3, -0.25) is 4.79 Å². The summed E-state index contributed by atoms with van der Waals surface area (Å²) in [5.41, 5.74) is 2.80. The normalized spacial score (nSPS) is 40.8. The van der Waals surface area contributed by atoms with Crippen molar-refractivity contribution in [2.75, 3.05) is 0 Å². The van der Waals surface area contributed by atoms with Crippen molar-refractivity contribution in [1.82, 2.24) is 0 Å². The Bertz CT molecular complexity index is 780. The Balaban J connectivity index is 1.18. The summed E-state index contributed by atoms with van der Waals surface area (Å²) >= 11 is 1.76. The SMILES string of the molecule is CCCCCCCC[C@H]1CC[C@H]2[C@H]3CC=C4C[C@@H](SC(=O)C5CCCCC5)CC[C@]4(C)[C@@H]3CC[C@]12C. The third kappa shape index (κ3) is 5.42. The third-order valence-corrected chi connectivity index (χ3v) is 13.7. The van der Waals surface area contributed by atoms with Gasteiger partial charge in [0.15, 0.2) is 5.12 Å². The van der Waals surface area contributed by atoms with Gasteiger partial charge >= 0.3 is 0 Å². The van der Waals surface area contributed by atoms with Crippen LogP contribution in [0.2, 0.25) is 0 Å². The number of hydrogen-bond donors (Lipinski definition) is 0. The average molecular weight is 513 g/mol. The molecule has 36 heavy (non-hydrogen) atoms. The van der Waals surface area contributed by atoms with E-state index < -0.39 is 0 Å². The number of carbonyl (C=O) groups excluding carboxylic acids is 1. The van der Waals surface area contributed by atoms with Crippen LogP contribution in [0.15, 0.2) is 11.6 Å². The highest BCUT2D eigenvalue weighted by atomic mass is 32.2. The molecule has 0 saturated heterocycles. The van der Waals surface area contributed by atoms with Crippen LogP contribution in [-0.2, 0) is 4.79 Å². The minimum absolute atomic E-state index is 0.365. The Hall–Kier alpha value is -0.240. The van der Waals surface area contributed by atoms with Crippen molar-refractivity contribution in [3.8, 4) is 0 Å². The van der Waals surface area contributed by atoms with E-state index in [0.717, 1.165) is 36.5 Å². The number of hydrogen-bond acceptors (Lipinski definition) is 2. The molecular formula is C34H56OS. The lowest BCUT2D eigenvalue weighted by Gasteiger charge is -2.58. The van der Waals surface area contributed by atoms with Gasteiger partial charge in [0, 0.05) is 11.2 Å². The Morgan fingerprint density at radius 2 is 1.67 bits per heavy atom. The van der Waals surface area contributed by atoms with Crippen LogP contribution < -0.4 is 0 Å². The second-order valence-corrected chi connectivity index (χ2v) is 15.6. The third-order valence-electron chi connectivity index (χ3n) is 12.4. The minimum atomic E-state index is 0.365. The summed E-state index contributed by atoms with van der Waals surface area (Å²) < 4.78 is 0. The van der Waals surface area contributed by atoms with E-state index >= 15 is 0 Å². The van der Waals surface area contributed by atoms with Gasteiger partial charge in [0.05, 0.1) is 0 Å². The summed E-state index contributed by atoms with van der Waals surface area (Å²) in [7, 11) is 0. The first kappa shape index (κ1) is 27.3. The van der Waals surface area contributed by atoms with Crippen LogP contribution in [0.1, 0.15) is 149 Å². The molecular weight excluding hydrogens is 456 g/mol. The fourth-order valence-corrected chi connectivity index (χ4v) is 11.3. The molecule has 0 heterocycles. The van der Waals surface area contributed by atoms with E-state index in [2.05, 4.69) is 26.8 Å². The molecule has 5 aliphatic carbocycles. The summed E-state index contributed by atoms with van der Waals surface area (Å²) in [5.74, 6) is 4.16. The van der Waals surface area contributed by atoms with Crippen molar-refractivity contribution in [1.29, 1.82) is 0 Å². The van der Waals surface area contributed by atoms with Gasteiger partial charge in [-0.2, -0.15) is 0 Å². The summed E-state index contributed by atoms with van der Waals surface area (Å²) in [6.07, 6.45) is 30.2. The van der Waals surface area contributed by atoms with E-state index in [1.54, 1.807) is 17.3 Å². The molecule has 0 aromatic rings. The highest BCUT2D eigenvalue weighted by Gasteiger charge is 2.58. The lowest BCUT2D eigenvalue weighted by Crippen LogP contribution is -2.50. The zero-order chi connectivity index (χ0) is 25.2. The first-order chi connectivity index (χ1) is 17.5. The molecule has 5 rings (SSSR count). The molecule has 0 aromatic heterocycles. The summed E-state index contributed by atoms with van der Waals surface area (Å²) in [6, 6.07) is 0. The summed E-state index contributed by atoms with van der Waals surface area (Å²) in [5, 5.41) is 1.09. The minimum Gasteiger partial charge on any atom is -0.287 e. The highest BCUT2D eigenvalue weighted by molar-refractivity contribution is 8.14. The van der Waals surface area contributed by atoms with Gasteiger partial charge in [-0.15, -0.1) is 0 Å². The van der Waals surface area contributed by atoms with Crippen LogP contribution >= 0.6 is 11.8 Å². The van der Waals surface area contributed by atoms with Crippen molar-refractivity contribution in [3.63, 3.8) is 0 Å². The topological polar surface area (TPSA) is 17.1 Å². The van der Waals surface area contributed by atoms with Crippen molar-refractivity contribution in [2.45, 2.75) is 154 Å². The molecule has 5 aliphatic rings. The number of unbranched alkanes of at least 4 members (excludes halogenated alkanes) is 5. The molecule has 0 radical (unpaired) electrons. The molecule has 4 fully saturated rings. The first-order valence-corrected chi connectivity index (χ1v) is 17.2. The predicted octanol–water partition coefficient (Wildman–Crippen LogP) is 10.5. The molecule has 4 saturated carbocycles. The Labute approximate surface area is 227 Å². The van der Waals surface area contributed by atoms with Gasteiger partial charge in [-0.05, 0) is 105 Å².